The molecule has 0 spiro atoms. The van der Waals surface area contributed by atoms with Crippen molar-refractivity contribution in [3.05, 3.63) is 24.0 Å². The van der Waals surface area contributed by atoms with Crippen LogP contribution in [0.3, 0.4) is 0 Å². The summed E-state index contributed by atoms with van der Waals surface area (Å²) in [6.07, 6.45) is 2.58. The summed E-state index contributed by atoms with van der Waals surface area (Å²) < 4.78 is 12.8. The van der Waals surface area contributed by atoms with Crippen molar-refractivity contribution in [2.75, 3.05) is 0 Å². The van der Waals surface area contributed by atoms with Crippen molar-refractivity contribution in [2.24, 2.45) is 0 Å². The van der Waals surface area contributed by atoms with Crippen LogP contribution in [0.2, 0.25) is 0 Å². The number of rotatable bonds is 1. The summed E-state index contributed by atoms with van der Waals surface area (Å²) >= 11 is 0. The minimum Gasteiger partial charge on any atom is -0.384 e. The molecule has 0 aliphatic carbocycles. The number of halogens is 1. The first kappa shape index (κ1) is 8.07. The van der Waals surface area contributed by atoms with E-state index in [0.29, 0.717) is 0 Å². The van der Waals surface area contributed by atoms with Crippen LogP contribution >= 0.6 is 0 Å². The third-order valence-corrected chi connectivity index (χ3v) is 1.23. The standard InChI is InChI=1S/C7H9FN2O/c1-7(2,11)5-6(8)10-4-3-9-5/h3-4,11H,1-2H3. The quantitative estimate of drug-likeness (QED) is 0.655. The van der Waals surface area contributed by atoms with E-state index in [2.05, 4.69) is 9.97 Å². The molecule has 0 atom stereocenters. The molecule has 0 fully saturated rings. The highest BCUT2D eigenvalue weighted by Gasteiger charge is 2.22. The Kier molecular flexibility index (Phi) is 1.87. The van der Waals surface area contributed by atoms with Crippen LogP contribution in [0.5, 0.6) is 0 Å². The smallest absolute Gasteiger partial charge is 0.237 e. The van der Waals surface area contributed by atoms with E-state index in [9.17, 15) is 9.50 Å². The fourth-order valence-electron chi connectivity index (χ4n) is 0.731. The molecule has 1 N–H and O–H groups in total. The van der Waals surface area contributed by atoms with Gasteiger partial charge < -0.3 is 5.11 Å². The SMILES string of the molecule is CC(C)(O)c1nccnc1F. The van der Waals surface area contributed by atoms with Crippen LogP contribution in [0.4, 0.5) is 4.39 Å². The lowest BCUT2D eigenvalue weighted by atomic mass is 10.1. The van der Waals surface area contributed by atoms with Gasteiger partial charge in [0.2, 0.25) is 5.95 Å². The first-order valence-electron chi connectivity index (χ1n) is 3.21. The van der Waals surface area contributed by atoms with Gasteiger partial charge in [0.15, 0.2) is 0 Å². The minimum absolute atomic E-state index is 0.0278. The zero-order valence-corrected chi connectivity index (χ0v) is 6.37. The summed E-state index contributed by atoms with van der Waals surface area (Å²) in [5, 5.41) is 9.33. The van der Waals surface area contributed by atoms with Crippen molar-refractivity contribution in [3.63, 3.8) is 0 Å². The number of aromatic nitrogens is 2. The lowest BCUT2D eigenvalue weighted by Crippen LogP contribution is -2.20. The van der Waals surface area contributed by atoms with E-state index in [0.717, 1.165) is 0 Å². The Labute approximate surface area is 63.9 Å². The minimum atomic E-state index is -1.27. The van der Waals surface area contributed by atoms with Crippen LogP contribution in [-0.4, -0.2) is 15.1 Å². The topological polar surface area (TPSA) is 46.0 Å². The Morgan fingerprint density at radius 1 is 1.36 bits per heavy atom. The Morgan fingerprint density at radius 2 is 1.91 bits per heavy atom. The number of hydrogen-bond donors (Lipinski definition) is 1. The highest BCUT2D eigenvalue weighted by molar-refractivity contribution is 5.06. The average Bonchev–Trinajstić information content (AvgIpc) is 1.86. The van der Waals surface area contributed by atoms with E-state index in [1.807, 2.05) is 0 Å². The van der Waals surface area contributed by atoms with Gasteiger partial charge in [0.1, 0.15) is 11.3 Å². The predicted molar refractivity (Wildman–Crippen MR) is 37.2 cm³/mol. The molecular weight excluding hydrogens is 147 g/mol. The molecule has 0 radical (unpaired) electrons. The first-order valence-corrected chi connectivity index (χ1v) is 3.21. The molecule has 3 nitrogen and oxygen atoms in total. The Bertz CT molecular complexity index is 257. The van der Waals surface area contributed by atoms with Gasteiger partial charge in [-0.1, -0.05) is 0 Å². The molecule has 1 rings (SSSR count). The predicted octanol–water partition coefficient (Wildman–Crippen LogP) is 0.843. The number of hydrogen-bond acceptors (Lipinski definition) is 3. The Balaban J connectivity index is 3.14. The average molecular weight is 156 g/mol. The largest absolute Gasteiger partial charge is 0.384 e. The lowest BCUT2D eigenvalue weighted by molar-refractivity contribution is 0.0684. The van der Waals surface area contributed by atoms with Crippen molar-refractivity contribution in [1.29, 1.82) is 0 Å². The van der Waals surface area contributed by atoms with E-state index >= 15 is 0 Å². The molecule has 0 saturated carbocycles. The second kappa shape index (κ2) is 2.54. The molecule has 60 valence electrons. The molecule has 1 aromatic rings. The van der Waals surface area contributed by atoms with E-state index in [1.165, 1.54) is 26.2 Å². The van der Waals surface area contributed by atoms with E-state index in [-0.39, 0.29) is 5.69 Å². The molecule has 1 heterocycles. The van der Waals surface area contributed by atoms with Gasteiger partial charge in [-0.3, -0.25) is 4.98 Å². The van der Waals surface area contributed by atoms with Crippen molar-refractivity contribution in [1.82, 2.24) is 9.97 Å². The summed E-state index contributed by atoms with van der Waals surface area (Å²) in [6.45, 7) is 2.92. The Hall–Kier alpha value is -1.03. The van der Waals surface area contributed by atoms with Crippen molar-refractivity contribution in [3.8, 4) is 0 Å². The van der Waals surface area contributed by atoms with E-state index < -0.39 is 11.5 Å². The summed E-state index contributed by atoms with van der Waals surface area (Å²) in [6, 6.07) is 0. The normalized spacial score (nSPS) is 11.6. The molecule has 0 unspecified atom stereocenters. The van der Waals surface area contributed by atoms with Crippen LogP contribution in [0.25, 0.3) is 0 Å². The van der Waals surface area contributed by atoms with Gasteiger partial charge in [0.05, 0.1) is 0 Å². The molecule has 0 amide bonds. The van der Waals surface area contributed by atoms with Crippen LogP contribution in [-0.2, 0) is 5.60 Å². The third kappa shape index (κ3) is 1.71. The maximum atomic E-state index is 12.8. The maximum absolute atomic E-state index is 12.8. The molecular formula is C7H9FN2O. The molecule has 1 aromatic heterocycles. The highest BCUT2D eigenvalue weighted by atomic mass is 19.1. The summed E-state index contributed by atoms with van der Waals surface area (Å²) in [4.78, 5) is 7.02. The first-order chi connectivity index (χ1) is 5.02. The summed E-state index contributed by atoms with van der Waals surface area (Å²) in [7, 11) is 0. The molecule has 0 saturated heterocycles. The van der Waals surface area contributed by atoms with Gasteiger partial charge in [0.25, 0.3) is 0 Å². The fraction of sp³-hybridized carbons (Fsp3) is 0.429. The van der Waals surface area contributed by atoms with E-state index in [1.54, 1.807) is 0 Å². The van der Waals surface area contributed by atoms with Crippen LogP contribution in [0.1, 0.15) is 19.5 Å². The molecule has 0 aliphatic heterocycles. The van der Waals surface area contributed by atoms with Gasteiger partial charge >= 0.3 is 0 Å². The highest BCUT2D eigenvalue weighted by Crippen LogP contribution is 2.17. The molecule has 11 heavy (non-hydrogen) atoms. The molecule has 0 bridgehead atoms. The third-order valence-electron chi connectivity index (χ3n) is 1.23. The zero-order valence-electron chi connectivity index (χ0n) is 6.37. The Morgan fingerprint density at radius 3 is 2.27 bits per heavy atom. The second-order valence-electron chi connectivity index (χ2n) is 2.75. The monoisotopic (exact) mass is 156 g/mol. The van der Waals surface area contributed by atoms with Crippen LogP contribution in [0.15, 0.2) is 12.4 Å². The summed E-state index contributed by atoms with van der Waals surface area (Å²) in [5.41, 5.74) is -1.29. The molecule has 4 heteroatoms. The van der Waals surface area contributed by atoms with Crippen molar-refractivity contribution in [2.45, 2.75) is 19.4 Å². The van der Waals surface area contributed by atoms with Gasteiger partial charge in [-0.15, -0.1) is 0 Å². The lowest BCUT2D eigenvalue weighted by Gasteiger charge is -2.15. The molecule has 0 aliphatic rings. The number of nitrogens with zero attached hydrogens (tertiary/aromatic N) is 2. The fourth-order valence-corrected chi connectivity index (χ4v) is 0.731. The maximum Gasteiger partial charge on any atom is 0.237 e. The van der Waals surface area contributed by atoms with Crippen LogP contribution in [0, 0.1) is 5.95 Å². The van der Waals surface area contributed by atoms with Gasteiger partial charge in [-0.25, -0.2) is 4.98 Å². The number of aliphatic hydroxyl groups is 1. The van der Waals surface area contributed by atoms with Gasteiger partial charge in [-0.2, -0.15) is 4.39 Å². The van der Waals surface area contributed by atoms with Gasteiger partial charge in [0, 0.05) is 12.4 Å². The van der Waals surface area contributed by atoms with E-state index in [4.69, 9.17) is 0 Å². The second-order valence-corrected chi connectivity index (χ2v) is 2.75. The molecule has 0 aromatic carbocycles. The van der Waals surface area contributed by atoms with Crippen LogP contribution < -0.4 is 0 Å². The summed E-state index contributed by atoms with van der Waals surface area (Å²) in [5.74, 6) is -0.722. The van der Waals surface area contributed by atoms with Crippen molar-refractivity contribution >= 4 is 0 Å². The van der Waals surface area contributed by atoms with Crippen molar-refractivity contribution < 1.29 is 9.50 Å². The van der Waals surface area contributed by atoms with Gasteiger partial charge in [-0.05, 0) is 13.8 Å². The zero-order chi connectivity index (χ0) is 8.48.